The lowest BCUT2D eigenvalue weighted by atomic mass is 9.79. The van der Waals surface area contributed by atoms with Crippen LogP contribution >= 0.6 is 0 Å². The molecule has 4 heteroatoms. The maximum absolute atomic E-state index is 12.5. The Morgan fingerprint density at radius 3 is 2.43 bits per heavy atom. The molecule has 2 N–H and O–H groups in total. The Kier molecular flexibility index (Phi) is 5.23. The number of nitrogens with one attached hydrogen (secondary N) is 1. The van der Waals surface area contributed by atoms with Crippen LogP contribution in [0.15, 0.2) is 24.3 Å². The molecule has 0 spiro atoms. The molecule has 1 saturated carbocycles. The summed E-state index contributed by atoms with van der Waals surface area (Å²) in [6.45, 7) is 0.582. The summed E-state index contributed by atoms with van der Waals surface area (Å²) in [6.07, 6.45) is 6.43. The largest absolute Gasteiger partial charge is 0.508 e. The van der Waals surface area contributed by atoms with Crippen molar-refractivity contribution in [2.24, 2.45) is 0 Å². The van der Waals surface area contributed by atoms with E-state index >= 15 is 0 Å². The van der Waals surface area contributed by atoms with Crippen molar-refractivity contribution in [3.05, 3.63) is 29.8 Å². The summed E-state index contributed by atoms with van der Waals surface area (Å²) in [4.78, 5) is 14.3. The highest BCUT2D eigenvalue weighted by Crippen LogP contribution is 2.31. The van der Waals surface area contributed by atoms with Gasteiger partial charge in [0.2, 0.25) is 5.91 Å². The molecule has 1 fully saturated rings. The van der Waals surface area contributed by atoms with Gasteiger partial charge in [0, 0.05) is 25.6 Å². The van der Waals surface area contributed by atoms with Gasteiger partial charge in [0.25, 0.3) is 0 Å². The third kappa shape index (κ3) is 4.21. The maximum Gasteiger partial charge on any atom is 0.224 e. The Labute approximate surface area is 127 Å². The summed E-state index contributed by atoms with van der Waals surface area (Å²) >= 11 is 0. The van der Waals surface area contributed by atoms with Gasteiger partial charge in [-0.1, -0.05) is 31.4 Å². The number of aromatic hydroxyl groups is 1. The third-order valence-electron chi connectivity index (χ3n) is 4.61. The Bertz CT molecular complexity index is 464. The third-order valence-corrected chi connectivity index (χ3v) is 4.61. The van der Waals surface area contributed by atoms with Gasteiger partial charge in [0.1, 0.15) is 5.75 Å². The second-order valence-corrected chi connectivity index (χ2v) is 6.18. The summed E-state index contributed by atoms with van der Waals surface area (Å²) in [7, 11) is 3.82. The van der Waals surface area contributed by atoms with Gasteiger partial charge in [0.15, 0.2) is 0 Å². The van der Waals surface area contributed by atoms with Crippen LogP contribution in [0, 0.1) is 0 Å². The summed E-state index contributed by atoms with van der Waals surface area (Å²) in [5, 5.41) is 12.7. The van der Waals surface area contributed by atoms with Crippen LogP contribution in [-0.4, -0.2) is 35.5 Å². The van der Waals surface area contributed by atoms with Crippen molar-refractivity contribution in [2.45, 2.75) is 50.6 Å². The van der Waals surface area contributed by atoms with E-state index in [0.29, 0.717) is 13.0 Å². The minimum atomic E-state index is -0.0153. The standard InChI is InChI=1S/C17H26N2O2/c1-18-17(10-4-3-5-11-17)12-16(21)19(2)13-14-6-8-15(20)9-7-14/h6-9,18,20H,3-5,10-13H2,1-2H3. The summed E-state index contributed by atoms with van der Waals surface area (Å²) in [5.74, 6) is 0.434. The maximum atomic E-state index is 12.5. The number of phenolic OH excluding ortho intramolecular Hbond substituents is 1. The molecule has 21 heavy (non-hydrogen) atoms. The fourth-order valence-electron chi connectivity index (χ4n) is 3.13. The van der Waals surface area contributed by atoms with Gasteiger partial charge in [-0.3, -0.25) is 4.79 Å². The zero-order chi connectivity index (χ0) is 15.3. The number of carbonyl (C=O) groups is 1. The van der Waals surface area contributed by atoms with Crippen LogP contribution in [0.2, 0.25) is 0 Å². The second kappa shape index (κ2) is 6.94. The first-order chi connectivity index (χ1) is 10.0. The number of nitrogens with zero attached hydrogens (tertiary/aromatic N) is 1. The minimum Gasteiger partial charge on any atom is -0.508 e. The van der Waals surface area contributed by atoms with Crippen molar-refractivity contribution in [3.8, 4) is 5.75 Å². The zero-order valence-electron chi connectivity index (χ0n) is 13.1. The van der Waals surface area contributed by atoms with Crippen molar-refractivity contribution in [1.82, 2.24) is 10.2 Å². The number of hydrogen-bond acceptors (Lipinski definition) is 3. The van der Waals surface area contributed by atoms with E-state index in [-0.39, 0.29) is 17.2 Å². The topological polar surface area (TPSA) is 52.6 Å². The number of amides is 1. The second-order valence-electron chi connectivity index (χ2n) is 6.18. The molecule has 0 heterocycles. The highest BCUT2D eigenvalue weighted by molar-refractivity contribution is 5.77. The van der Waals surface area contributed by atoms with Gasteiger partial charge in [-0.05, 0) is 37.6 Å². The van der Waals surface area contributed by atoms with Crippen molar-refractivity contribution >= 4 is 5.91 Å². The van der Waals surface area contributed by atoms with E-state index in [0.717, 1.165) is 18.4 Å². The Morgan fingerprint density at radius 1 is 1.24 bits per heavy atom. The van der Waals surface area contributed by atoms with Crippen LogP contribution < -0.4 is 5.32 Å². The molecule has 116 valence electrons. The molecule has 1 aliphatic carbocycles. The van der Waals surface area contributed by atoms with E-state index in [1.54, 1.807) is 17.0 Å². The Morgan fingerprint density at radius 2 is 1.86 bits per heavy atom. The monoisotopic (exact) mass is 290 g/mol. The van der Waals surface area contributed by atoms with Crippen LogP contribution in [-0.2, 0) is 11.3 Å². The van der Waals surface area contributed by atoms with Crippen molar-refractivity contribution in [2.75, 3.05) is 14.1 Å². The first-order valence-electron chi connectivity index (χ1n) is 7.75. The molecule has 0 radical (unpaired) electrons. The molecule has 0 unspecified atom stereocenters. The van der Waals surface area contributed by atoms with E-state index < -0.39 is 0 Å². The van der Waals surface area contributed by atoms with Gasteiger partial charge in [0.05, 0.1) is 0 Å². The molecule has 0 atom stereocenters. The van der Waals surface area contributed by atoms with Gasteiger partial charge >= 0.3 is 0 Å². The van der Waals surface area contributed by atoms with Crippen molar-refractivity contribution < 1.29 is 9.90 Å². The normalized spacial score (nSPS) is 17.4. The van der Waals surface area contributed by atoms with Crippen LogP contribution in [0.4, 0.5) is 0 Å². The summed E-state index contributed by atoms with van der Waals surface area (Å²) in [5.41, 5.74) is 1.02. The smallest absolute Gasteiger partial charge is 0.224 e. The SMILES string of the molecule is CNC1(CC(=O)N(C)Cc2ccc(O)cc2)CCCCC1. The fourth-order valence-corrected chi connectivity index (χ4v) is 3.13. The van der Waals surface area contributed by atoms with Gasteiger partial charge in [-0.2, -0.15) is 0 Å². The zero-order valence-corrected chi connectivity index (χ0v) is 13.1. The lowest BCUT2D eigenvalue weighted by molar-refractivity contribution is -0.132. The Balaban J connectivity index is 1.93. The summed E-state index contributed by atoms with van der Waals surface area (Å²) in [6, 6.07) is 7.02. The highest BCUT2D eigenvalue weighted by atomic mass is 16.3. The van der Waals surface area contributed by atoms with Gasteiger partial charge < -0.3 is 15.3 Å². The van der Waals surface area contributed by atoms with Crippen molar-refractivity contribution in [3.63, 3.8) is 0 Å². The molecule has 0 saturated heterocycles. The van der Waals surface area contributed by atoms with E-state index in [1.807, 2.05) is 26.2 Å². The number of hydrogen-bond donors (Lipinski definition) is 2. The first-order valence-corrected chi connectivity index (χ1v) is 7.75. The van der Waals surface area contributed by atoms with E-state index in [2.05, 4.69) is 5.32 Å². The predicted octanol–water partition coefficient (Wildman–Crippen LogP) is 2.66. The molecule has 1 aromatic rings. The minimum absolute atomic E-state index is 0.0153. The molecule has 1 aromatic carbocycles. The average molecular weight is 290 g/mol. The van der Waals surface area contributed by atoms with E-state index in [4.69, 9.17) is 0 Å². The van der Waals surface area contributed by atoms with Crippen LogP contribution in [0.1, 0.15) is 44.1 Å². The molecule has 1 amide bonds. The molecule has 0 bridgehead atoms. The Hall–Kier alpha value is -1.55. The number of carbonyl (C=O) groups excluding carboxylic acids is 1. The number of phenols is 1. The number of benzene rings is 1. The van der Waals surface area contributed by atoms with E-state index in [9.17, 15) is 9.90 Å². The fraction of sp³-hybridized carbons (Fsp3) is 0.588. The highest BCUT2D eigenvalue weighted by Gasteiger charge is 2.33. The van der Waals surface area contributed by atoms with Crippen LogP contribution in [0.3, 0.4) is 0 Å². The molecular formula is C17H26N2O2. The van der Waals surface area contributed by atoms with E-state index in [1.165, 1.54) is 19.3 Å². The van der Waals surface area contributed by atoms with Crippen LogP contribution in [0.5, 0.6) is 5.75 Å². The van der Waals surface area contributed by atoms with Crippen LogP contribution in [0.25, 0.3) is 0 Å². The molecule has 0 aliphatic heterocycles. The molecule has 0 aromatic heterocycles. The quantitative estimate of drug-likeness (QED) is 0.876. The molecule has 1 aliphatic rings. The lowest BCUT2D eigenvalue weighted by Crippen LogP contribution is -2.48. The molecule has 2 rings (SSSR count). The lowest BCUT2D eigenvalue weighted by Gasteiger charge is -2.37. The summed E-state index contributed by atoms with van der Waals surface area (Å²) < 4.78 is 0. The molecular weight excluding hydrogens is 264 g/mol. The average Bonchev–Trinajstić information content (AvgIpc) is 2.50. The van der Waals surface area contributed by atoms with Gasteiger partial charge in [-0.15, -0.1) is 0 Å². The van der Waals surface area contributed by atoms with Gasteiger partial charge in [-0.25, -0.2) is 0 Å². The number of rotatable bonds is 5. The molecule has 4 nitrogen and oxygen atoms in total. The predicted molar refractivity (Wildman–Crippen MR) is 84.1 cm³/mol. The first kappa shape index (κ1) is 15.8. The van der Waals surface area contributed by atoms with Crippen molar-refractivity contribution in [1.29, 1.82) is 0 Å².